The van der Waals surface area contributed by atoms with Crippen LogP contribution in [-0.4, -0.2) is 72.2 Å². The van der Waals surface area contributed by atoms with Crippen LogP contribution in [0, 0.1) is 0 Å². The first-order valence-electron chi connectivity index (χ1n) is 11.2. The molecule has 29 heavy (non-hydrogen) atoms. The molecule has 1 saturated carbocycles. The van der Waals surface area contributed by atoms with E-state index >= 15 is 0 Å². The van der Waals surface area contributed by atoms with Gasteiger partial charge >= 0.3 is 0 Å². The maximum Gasteiger partial charge on any atom is 0.255 e. The van der Waals surface area contributed by atoms with Crippen LogP contribution in [0.3, 0.4) is 0 Å². The van der Waals surface area contributed by atoms with E-state index in [0.29, 0.717) is 42.7 Å². The third kappa shape index (κ3) is 4.86. The zero-order valence-corrected chi connectivity index (χ0v) is 18.1. The standard InChI is InChI=1S/C22H33ClN4O2/c23-19-15-18(21(28)26-11-13-29-14-12-26)16-24-20(19)25-17-22(7-3-1-4-8-22)27-9-5-2-6-10-27/h15-16H,1-14,17H2,(H,24,25). The number of nitrogens with zero attached hydrogens (tertiary/aromatic N) is 3. The number of rotatable bonds is 5. The topological polar surface area (TPSA) is 57.7 Å². The Labute approximate surface area is 178 Å². The first kappa shape index (κ1) is 20.9. The van der Waals surface area contributed by atoms with Crippen molar-refractivity contribution in [3.63, 3.8) is 0 Å². The van der Waals surface area contributed by atoms with E-state index in [0.717, 1.165) is 6.54 Å². The van der Waals surface area contributed by atoms with Crippen LogP contribution >= 0.6 is 11.6 Å². The fourth-order valence-corrected chi connectivity index (χ4v) is 5.30. The molecule has 1 amide bonds. The minimum Gasteiger partial charge on any atom is -0.378 e. The molecule has 1 aliphatic carbocycles. The van der Waals surface area contributed by atoms with Crippen LogP contribution in [0.15, 0.2) is 12.3 Å². The SMILES string of the molecule is O=C(c1cnc(NCC2(N3CCCCC3)CCCCC2)c(Cl)c1)N1CCOCC1. The summed E-state index contributed by atoms with van der Waals surface area (Å²) in [7, 11) is 0. The molecule has 0 bridgehead atoms. The number of halogens is 1. The normalized spacial score (nSPS) is 23.0. The van der Waals surface area contributed by atoms with E-state index in [-0.39, 0.29) is 11.4 Å². The summed E-state index contributed by atoms with van der Waals surface area (Å²) < 4.78 is 5.33. The van der Waals surface area contributed by atoms with Gasteiger partial charge in [0.2, 0.25) is 0 Å². The average molecular weight is 421 g/mol. The molecule has 3 heterocycles. The van der Waals surface area contributed by atoms with Crippen LogP contribution in [0.25, 0.3) is 0 Å². The van der Waals surface area contributed by atoms with Gasteiger partial charge in [0.15, 0.2) is 0 Å². The van der Waals surface area contributed by atoms with Crippen LogP contribution in [0.2, 0.25) is 5.02 Å². The van der Waals surface area contributed by atoms with Crippen molar-refractivity contribution in [3.05, 3.63) is 22.8 Å². The van der Waals surface area contributed by atoms with Crippen molar-refractivity contribution < 1.29 is 9.53 Å². The number of carbonyl (C=O) groups excluding carboxylic acids is 1. The molecular formula is C22H33ClN4O2. The molecule has 0 unspecified atom stereocenters. The number of hydrogen-bond donors (Lipinski definition) is 1. The summed E-state index contributed by atoms with van der Waals surface area (Å²) in [5.74, 6) is 0.665. The van der Waals surface area contributed by atoms with E-state index in [9.17, 15) is 4.79 Å². The molecule has 2 aliphatic heterocycles. The van der Waals surface area contributed by atoms with E-state index in [1.807, 2.05) is 0 Å². The molecule has 4 rings (SSSR count). The van der Waals surface area contributed by atoms with Crippen LogP contribution in [-0.2, 0) is 4.74 Å². The van der Waals surface area contributed by atoms with Crippen molar-refractivity contribution in [2.75, 3.05) is 51.3 Å². The molecule has 160 valence electrons. The molecule has 1 aromatic rings. The molecule has 3 aliphatic rings. The average Bonchev–Trinajstić information content (AvgIpc) is 2.79. The molecule has 0 aromatic carbocycles. The summed E-state index contributed by atoms with van der Waals surface area (Å²) in [5, 5.41) is 4.06. The first-order chi connectivity index (χ1) is 14.2. The van der Waals surface area contributed by atoms with Crippen molar-refractivity contribution in [2.24, 2.45) is 0 Å². The second kappa shape index (κ2) is 9.63. The molecule has 2 saturated heterocycles. The number of hydrogen-bond acceptors (Lipinski definition) is 5. The van der Waals surface area contributed by atoms with Gasteiger partial charge in [-0.05, 0) is 44.8 Å². The summed E-state index contributed by atoms with van der Waals surface area (Å²) in [4.78, 5) is 21.7. The quantitative estimate of drug-likeness (QED) is 0.784. The minimum absolute atomic E-state index is 0.0219. The number of pyridine rings is 1. The van der Waals surface area contributed by atoms with Gasteiger partial charge in [0.05, 0.1) is 23.8 Å². The Morgan fingerprint density at radius 1 is 1.07 bits per heavy atom. The summed E-state index contributed by atoms with van der Waals surface area (Å²) in [6, 6.07) is 1.75. The molecule has 0 spiro atoms. The van der Waals surface area contributed by atoms with Gasteiger partial charge in [0.25, 0.3) is 5.91 Å². The highest BCUT2D eigenvalue weighted by atomic mass is 35.5. The van der Waals surface area contributed by atoms with Crippen molar-refractivity contribution >= 4 is 23.3 Å². The Morgan fingerprint density at radius 2 is 1.76 bits per heavy atom. The maximum atomic E-state index is 12.7. The van der Waals surface area contributed by atoms with E-state index in [1.54, 1.807) is 17.2 Å². The van der Waals surface area contributed by atoms with Crippen LogP contribution in [0.4, 0.5) is 5.82 Å². The highest BCUT2D eigenvalue weighted by molar-refractivity contribution is 6.33. The smallest absolute Gasteiger partial charge is 0.255 e. The molecular weight excluding hydrogens is 388 g/mol. The zero-order valence-electron chi connectivity index (χ0n) is 17.3. The van der Waals surface area contributed by atoms with Gasteiger partial charge in [-0.2, -0.15) is 0 Å². The van der Waals surface area contributed by atoms with Gasteiger partial charge in [-0.15, -0.1) is 0 Å². The number of carbonyl (C=O) groups is 1. The van der Waals surface area contributed by atoms with Crippen LogP contribution in [0.1, 0.15) is 61.7 Å². The molecule has 7 heteroatoms. The molecule has 0 atom stereocenters. The van der Waals surface area contributed by atoms with Gasteiger partial charge < -0.3 is 15.0 Å². The summed E-state index contributed by atoms with van der Waals surface area (Å²) in [6.45, 7) is 5.70. The van der Waals surface area contributed by atoms with Gasteiger partial charge in [-0.1, -0.05) is 37.3 Å². The summed E-state index contributed by atoms with van der Waals surface area (Å²) in [6.07, 6.45) is 12.0. The molecule has 3 fully saturated rings. The fraction of sp³-hybridized carbons (Fsp3) is 0.727. The van der Waals surface area contributed by atoms with E-state index in [4.69, 9.17) is 16.3 Å². The van der Waals surface area contributed by atoms with Crippen molar-refractivity contribution in [3.8, 4) is 0 Å². The van der Waals surface area contributed by atoms with Crippen molar-refractivity contribution in [1.29, 1.82) is 0 Å². The van der Waals surface area contributed by atoms with Crippen LogP contribution < -0.4 is 5.32 Å². The second-order valence-electron chi connectivity index (χ2n) is 8.65. The van der Waals surface area contributed by atoms with Crippen molar-refractivity contribution in [1.82, 2.24) is 14.8 Å². The molecule has 0 radical (unpaired) electrons. The Hall–Kier alpha value is -1.37. The number of anilines is 1. The Balaban J connectivity index is 1.43. The lowest BCUT2D eigenvalue weighted by Gasteiger charge is -2.48. The molecule has 1 N–H and O–H groups in total. The highest BCUT2D eigenvalue weighted by Crippen LogP contribution is 2.36. The fourth-order valence-electron chi connectivity index (χ4n) is 5.07. The number of morpholine rings is 1. The minimum atomic E-state index is -0.0219. The van der Waals surface area contributed by atoms with Gasteiger partial charge in [0, 0.05) is 31.4 Å². The lowest BCUT2D eigenvalue weighted by molar-refractivity contribution is 0.0302. The number of likely N-dealkylation sites (tertiary alicyclic amines) is 1. The zero-order chi connectivity index (χ0) is 20.1. The van der Waals surface area contributed by atoms with E-state index in [1.165, 1.54) is 64.5 Å². The number of nitrogens with one attached hydrogen (secondary N) is 1. The third-order valence-corrected chi connectivity index (χ3v) is 7.07. The predicted octanol–water partition coefficient (Wildman–Crippen LogP) is 3.81. The lowest BCUT2D eigenvalue weighted by Crippen LogP contribution is -2.56. The Morgan fingerprint density at radius 3 is 2.45 bits per heavy atom. The van der Waals surface area contributed by atoms with Crippen molar-refractivity contribution in [2.45, 2.75) is 56.9 Å². The summed E-state index contributed by atoms with van der Waals surface area (Å²) in [5.41, 5.74) is 0.761. The van der Waals surface area contributed by atoms with E-state index < -0.39 is 0 Å². The largest absolute Gasteiger partial charge is 0.378 e. The van der Waals surface area contributed by atoms with Gasteiger partial charge in [-0.25, -0.2) is 4.98 Å². The number of amides is 1. The highest BCUT2D eigenvalue weighted by Gasteiger charge is 2.38. The molecule has 6 nitrogen and oxygen atoms in total. The second-order valence-corrected chi connectivity index (χ2v) is 9.05. The molecule has 1 aromatic heterocycles. The number of piperidine rings is 1. The Bertz CT molecular complexity index is 696. The number of aromatic nitrogens is 1. The lowest BCUT2D eigenvalue weighted by atomic mass is 9.79. The monoisotopic (exact) mass is 420 g/mol. The third-order valence-electron chi connectivity index (χ3n) is 6.78. The van der Waals surface area contributed by atoms with Gasteiger partial charge in [-0.3, -0.25) is 9.69 Å². The number of ether oxygens (including phenoxy) is 1. The Kier molecular flexibility index (Phi) is 6.93. The predicted molar refractivity (Wildman–Crippen MR) is 116 cm³/mol. The maximum absolute atomic E-state index is 12.7. The summed E-state index contributed by atoms with van der Waals surface area (Å²) >= 11 is 6.53. The van der Waals surface area contributed by atoms with E-state index in [2.05, 4.69) is 15.2 Å². The van der Waals surface area contributed by atoms with Crippen LogP contribution in [0.5, 0.6) is 0 Å². The first-order valence-corrected chi connectivity index (χ1v) is 11.6. The van der Waals surface area contributed by atoms with Gasteiger partial charge in [0.1, 0.15) is 5.82 Å².